The second kappa shape index (κ2) is 5.85. The Morgan fingerprint density at radius 3 is 2.91 bits per heavy atom. The van der Waals surface area contributed by atoms with E-state index in [1.165, 1.54) is 0 Å². The quantitative estimate of drug-likeness (QED) is 0.699. The Labute approximate surface area is 128 Å². The summed E-state index contributed by atoms with van der Waals surface area (Å²) in [5, 5.41) is 2.67. The molecule has 3 rings (SSSR count). The van der Waals surface area contributed by atoms with Crippen molar-refractivity contribution in [2.75, 3.05) is 39.5 Å². The number of nitrogens with one attached hydrogen (secondary N) is 1. The van der Waals surface area contributed by atoms with Gasteiger partial charge in [0.2, 0.25) is 5.91 Å². The molecule has 3 heterocycles. The maximum atomic E-state index is 12.4. The van der Waals surface area contributed by atoms with E-state index in [0.717, 1.165) is 11.3 Å². The predicted octanol–water partition coefficient (Wildman–Crippen LogP) is -0.665. The van der Waals surface area contributed by atoms with Crippen LogP contribution >= 0.6 is 0 Å². The third kappa shape index (κ3) is 2.56. The van der Waals surface area contributed by atoms with Crippen LogP contribution in [0.4, 0.5) is 4.79 Å². The minimum atomic E-state index is -0.964. The molecule has 122 valence electrons. The van der Waals surface area contributed by atoms with Crippen molar-refractivity contribution in [3.8, 4) is 0 Å². The van der Waals surface area contributed by atoms with Crippen LogP contribution < -0.4 is 5.32 Å². The topological polar surface area (TPSA) is 88.2 Å². The monoisotopic (exact) mass is 311 g/mol. The Kier molecular flexibility index (Phi) is 4.05. The molecule has 1 N–H and O–H groups in total. The van der Waals surface area contributed by atoms with Crippen LogP contribution in [0.15, 0.2) is 0 Å². The van der Waals surface area contributed by atoms with Crippen LogP contribution in [-0.4, -0.2) is 78.7 Å². The molecule has 0 aromatic carbocycles. The van der Waals surface area contributed by atoms with Gasteiger partial charge in [-0.15, -0.1) is 0 Å². The Morgan fingerprint density at radius 2 is 2.23 bits per heavy atom. The van der Waals surface area contributed by atoms with Crippen LogP contribution in [-0.2, 0) is 19.1 Å². The van der Waals surface area contributed by atoms with Crippen molar-refractivity contribution in [3.05, 3.63) is 0 Å². The van der Waals surface area contributed by atoms with Gasteiger partial charge in [-0.2, -0.15) is 0 Å². The van der Waals surface area contributed by atoms with Crippen LogP contribution in [0.1, 0.15) is 19.8 Å². The highest BCUT2D eigenvalue weighted by molar-refractivity contribution is 6.09. The molecule has 3 aliphatic rings. The molecule has 4 amide bonds. The number of carbonyl (C=O) groups is 3. The summed E-state index contributed by atoms with van der Waals surface area (Å²) in [6.07, 6.45) is 1.31. The van der Waals surface area contributed by atoms with Gasteiger partial charge in [0.25, 0.3) is 5.91 Å². The Hall–Kier alpha value is -1.67. The van der Waals surface area contributed by atoms with E-state index in [0.29, 0.717) is 32.7 Å². The van der Waals surface area contributed by atoms with Gasteiger partial charge in [0.05, 0.1) is 19.3 Å². The first-order valence-corrected chi connectivity index (χ1v) is 7.67. The molecule has 0 unspecified atom stereocenters. The molecule has 0 bridgehead atoms. The van der Waals surface area contributed by atoms with Gasteiger partial charge in [0.1, 0.15) is 12.1 Å². The third-order valence-corrected chi connectivity index (χ3v) is 4.51. The molecule has 1 spiro atoms. The molecule has 0 aromatic rings. The maximum absolute atomic E-state index is 12.4. The van der Waals surface area contributed by atoms with Crippen LogP contribution in [0.25, 0.3) is 0 Å². The zero-order valence-electron chi connectivity index (χ0n) is 12.7. The van der Waals surface area contributed by atoms with E-state index < -0.39 is 11.6 Å². The molecule has 0 saturated carbocycles. The number of nitrogens with zero attached hydrogens (tertiary/aromatic N) is 2. The first kappa shape index (κ1) is 15.2. The van der Waals surface area contributed by atoms with Crippen molar-refractivity contribution < 1.29 is 23.9 Å². The molecule has 3 fully saturated rings. The summed E-state index contributed by atoms with van der Waals surface area (Å²) in [5.41, 5.74) is -0.964. The second-order valence-corrected chi connectivity index (χ2v) is 5.95. The number of hydrogen-bond donors (Lipinski definition) is 1. The Bertz CT molecular complexity index is 489. The standard InChI is InChI=1S/C14H21N3O5/c1-2-10-7-16(4-6-22-10)11(18)8-17-12(19)14(15-13(17)20)3-5-21-9-14/h10H,2-9H2,1H3,(H,15,20)/t10-,14+/m1/s1. The molecule has 2 atom stereocenters. The van der Waals surface area contributed by atoms with Gasteiger partial charge < -0.3 is 19.7 Å². The average Bonchev–Trinajstić information content (AvgIpc) is 3.08. The number of ether oxygens (including phenoxy) is 2. The molecule has 8 nitrogen and oxygen atoms in total. The lowest BCUT2D eigenvalue weighted by atomic mass is 9.99. The smallest absolute Gasteiger partial charge is 0.325 e. The first-order valence-electron chi connectivity index (χ1n) is 7.67. The largest absolute Gasteiger partial charge is 0.378 e. The summed E-state index contributed by atoms with van der Waals surface area (Å²) in [6.45, 7) is 3.89. The zero-order chi connectivity index (χ0) is 15.7. The van der Waals surface area contributed by atoms with Gasteiger partial charge in [-0.1, -0.05) is 6.92 Å². The average molecular weight is 311 g/mol. The van der Waals surface area contributed by atoms with Crippen molar-refractivity contribution in [2.45, 2.75) is 31.4 Å². The molecule has 8 heteroatoms. The molecule has 0 aromatic heterocycles. The number of imide groups is 1. The first-order chi connectivity index (χ1) is 10.6. The molecule has 3 aliphatic heterocycles. The van der Waals surface area contributed by atoms with Crippen LogP contribution in [0, 0.1) is 0 Å². The highest BCUT2D eigenvalue weighted by atomic mass is 16.5. The molecule has 0 aliphatic carbocycles. The Morgan fingerprint density at radius 1 is 1.41 bits per heavy atom. The maximum Gasteiger partial charge on any atom is 0.325 e. The summed E-state index contributed by atoms with van der Waals surface area (Å²) in [6, 6.07) is -0.510. The van der Waals surface area contributed by atoms with Crippen LogP contribution in [0.2, 0.25) is 0 Å². The lowest BCUT2D eigenvalue weighted by Gasteiger charge is -2.33. The van der Waals surface area contributed by atoms with Crippen molar-refractivity contribution in [1.82, 2.24) is 15.1 Å². The van der Waals surface area contributed by atoms with E-state index in [1.54, 1.807) is 4.90 Å². The third-order valence-electron chi connectivity index (χ3n) is 4.51. The number of rotatable bonds is 3. The van der Waals surface area contributed by atoms with E-state index >= 15 is 0 Å². The van der Waals surface area contributed by atoms with E-state index in [-0.39, 0.29) is 31.1 Å². The fraction of sp³-hybridized carbons (Fsp3) is 0.786. The molecular weight excluding hydrogens is 290 g/mol. The van der Waals surface area contributed by atoms with Gasteiger partial charge in [-0.3, -0.25) is 14.5 Å². The SMILES string of the molecule is CC[C@@H]1CN(C(=O)CN2C(=O)N[C@]3(CCOC3)C2=O)CCO1. The molecule has 22 heavy (non-hydrogen) atoms. The summed E-state index contributed by atoms with van der Waals surface area (Å²) in [4.78, 5) is 39.5. The van der Waals surface area contributed by atoms with Crippen LogP contribution in [0.3, 0.4) is 0 Å². The van der Waals surface area contributed by atoms with Crippen LogP contribution in [0.5, 0.6) is 0 Å². The summed E-state index contributed by atoms with van der Waals surface area (Å²) < 4.78 is 10.8. The minimum Gasteiger partial charge on any atom is -0.378 e. The van der Waals surface area contributed by atoms with Crippen molar-refractivity contribution in [3.63, 3.8) is 0 Å². The van der Waals surface area contributed by atoms with E-state index in [4.69, 9.17) is 9.47 Å². The lowest BCUT2D eigenvalue weighted by Crippen LogP contribution is -2.51. The zero-order valence-corrected chi connectivity index (χ0v) is 12.7. The highest BCUT2D eigenvalue weighted by Gasteiger charge is 2.54. The van der Waals surface area contributed by atoms with Gasteiger partial charge >= 0.3 is 6.03 Å². The molecule has 0 radical (unpaired) electrons. The number of carbonyl (C=O) groups excluding carboxylic acids is 3. The van der Waals surface area contributed by atoms with Crippen molar-refractivity contribution in [2.24, 2.45) is 0 Å². The van der Waals surface area contributed by atoms with Gasteiger partial charge in [0, 0.05) is 26.1 Å². The van der Waals surface area contributed by atoms with Gasteiger partial charge in [-0.05, 0) is 6.42 Å². The van der Waals surface area contributed by atoms with E-state index in [9.17, 15) is 14.4 Å². The lowest BCUT2D eigenvalue weighted by molar-refractivity contribution is -0.143. The molecule has 3 saturated heterocycles. The Balaban J connectivity index is 1.64. The van der Waals surface area contributed by atoms with E-state index in [1.807, 2.05) is 6.92 Å². The molecular formula is C14H21N3O5. The summed E-state index contributed by atoms with van der Waals surface area (Å²) in [5.74, 6) is -0.579. The van der Waals surface area contributed by atoms with Crippen molar-refractivity contribution >= 4 is 17.8 Å². The second-order valence-electron chi connectivity index (χ2n) is 5.95. The predicted molar refractivity (Wildman–Crippen MR) is 75.0 cm³/mol. The number of hydrogen-bond acceptors (Lipinski definition) is 5. The summed E-state index contributed by atoms with van der Waals surface area (Å²) >= 11 is 0. The summed E-state index contributed by atoms with van der Waals surface area (Å²) in [7, 11) is 0. The number of amides is 4. The van der Waals surface area contributed by atoms with E-state index in [2.05, 4.69) is 5.32 Å². The van der Waals surface area contributed by atoms with Crippen molar-refractivity contribution in [1.29, 1.82) is 0 Å². The fourth-order valence-electron chi connectivity index (χ4n) is 3.08. The van der Waals surface area contributed by atoms with Gasteiger partial charge in [0.15, 0.2) is 0 Å². The highest BCUT2D eigenvalue weighted by Crippen LogP contribution is 2.26. The number of morpholine rings is 1. The fourth-order valence-corrected chi connectivity index (χ4v) is 3.08. The normalized spacial score (nSPS) is 32.0. The van der Waals surface area contributed by atoms with Gasteiger partial charge in [-0.25, -0.2) is 4.79 Å². The number of urea groups is 1. The minimum absolute atomic E-state index is 0.0235.